The lowest BCUT2D eigenvalue weighted by molar-refractivity contribution is 0.625. The van der Waals surface area contributed by atoms with Crippen LogP contribution in [-0.4, -0.2) is 0 Å². The molecule has 0 aliphatic rings. The van der Waals surface area contributed by atoms with Gasteiger partial charge in [0, 0.05) is 4.47 Å². The highest BCUT2D eigenvalue weighted by Gasteiger charge is 2.19. The normalized spacial score (nSPS) is 12.6. The highest BCUT2D eigenvalue weighted by Crippen LogP contribution is 2.33. The maximum atomic E-state index is 13.2. The van der Waals surface area contributed by atoms with E-state index in [0.717, 1.165) is 11.1 Å². The molecule has 2 rings (SSSR count). The zero-order valence-electron chi connectivity index (χ0n) is 12.2. The Balaban J connectivity index is 2.62. The summed E-state index contributed by atoms with van der Waals surface area (Å²) in [4.78, 5) is 0. The lowest BCUT2D eigenvalue weighted by atomic mass is 9.87. The van der Waals surface area contributed by atoms with Crippen LogP contribution in [0.25, 0.3) is 0 Å². The molecule has 106 valence electrons. The predicted octanol–water partition coefficient (Wildman–Crippen LogP) is 4.87. The minimum Gasteiger partial charge on any atom is -0.320 e. The van der Waals surface area contributed by atoms with Crippen LogP contribution in [0.4, 0.5) is 4.39 Å². The van der Waals surface area contributed by atoms with E-state index in [4.69, 9.17) is 5.73 Å². The van der Waals surface area contributed by atoms with Gasteiger partial charge in [-0.3, -0.25) is 0 Å². The summed E-state index contributed by atoms with van der Waals surface area (Å²) >= 11 is 3.41. The van der Waals surface area contributed by atoms with Gasteiger partial charge in [0.1, 0.15) is 5.82 Å². The first kappa shape index (κ1) is 15.2. The van der Waals surface area contributed by atoms with E-state index in [0.29, 0.717) is 4.47 Å². The van der Waals surface area contributed by atoms with Crippen molar-refractivity contribution in [3.63, 3.8) is 0 Å². The van der Waals surface area contributed by atoms with Crippen LogP contribution in [0.15, 0.2) is 28.7 Å². The van der Waals surface area contributed by atoms with Crippen LogP contribution in [0.2, 0.25) is 0 Å². The number of aryl methyl sites for hydroxylation is 2. The largest absolute Gasteiger partial charge is 0.320 e. The van der Waals surface area contributed by atoms with E-state index < -0.39 is 0 Å². The van der Waals surface area contributed by atoms with Crippen LogP contribution in [0.1, 0.15) is 39.4 Å². The van der Waals surface area contributed by atoms with Crippen LogP contribution in [0.3, 0.4) is 0 Å². The molecule has 2 aromatic carbocycles. The topological polar surface area (TPSA) is 26.0 Å². The van der Waals surface area contributed by atoms with Gasteiger partial charge in [0.15, 0.2) is 0 Å². The molecule has 2 N–H and O–H groups in total. The molecule has 0 radical (unpaired) electrons. The molecule has 1 atom stereocenters. The summed E-state index contributed by atoms with van der Waals surface area (Å²) in [5.41, 5.74) is 13.4. The molecule has 3 heteroatoms. The highest BCUT2D eigenvalue weighted by molar-refractivity contribution is 9.10. The van der Waals surface area contributed by atoms with Gasteiger partial charge in [0.25, 0.3) is 0 Å². The Morgan fingerprint density at radius 1 is 1.00 bits per heavy atom. The van der Waals surface area contributed by atoms with Crippen LogP contribution in [0.5, 0.6) is 0 Å². The van der Waals surface area contributed by atoms with E-state index in [-0.39, 0.29) is 11.9 Å². The third kappa shape index (κ3) is 2.65. The fraction of sp³-hybridized carbons (Fsp3) is 0.294. The zero-order chi connectivity index (χ0) is 15.0. The van der Waals surface area contributed by atoms with E-state index in [9.17, 15) is 4.39 Å². The fourth-order valence-electron chi connectivity index (χ4n) is 2.62. The molecule has 0 aromatic heterocycles. The predicted molar refractivity (Wildman–Crippen MR) is 85.5 cm³/mol. The monoisotopic (exact) mass is 335 g/mol. The first-order valence-corrected chi connectivity index (χ1v) is 7.40. The Kier molecular flexibility index (Phi) is 4.31. The minimum absolute atomic E-state index is 0.261. The van der Waals surface area contributed by atoms with E-state index in [1.165, 1.54) is 34.4 Å². The van der Waals surface area contributed by atoms with Crippen molar-refractivity contribution in [1.82, 2.24) is 0 Å². The molecule has 1 unspecified atom stereocenters. The van der Waals surface area contributed by atoms with Crippen LogP contribution >= 0.6 is 15.9 Å². The molecular formula is C17H19BrFN. The number of rotatable bonds is 2. The Morgan fingerprint density at radius 2 is 1.55 bits per heavy atom. The van der Waals surface area contributed by atoms with Crippen LogP contribution in [-0.2, 0) is 0 Å². The molecule has 1 nitrogen and oxygen atoms in total. The second-order valence-electron chi connectivity index (χ2n) is 5.32. The van der Waals surface area contributed by atoms with Crippen molar-refractivity contribution in [3.8, 4) is 0 Å². The molecule has 20 heavy (non-hydrogen) atoms. The number of halogens is 2. The Labute approximate surface area is 128 Å². The maximum Gasteiger partial charge on any atom is 0.124 e. The second kappa shape index (κ2) is 5.66. The van der Waals surface area contributed by atoms with Gasteiger partial charge in [0.05, 0.1) is 6.04 Å². The lowest BCUT2D eigenvalue weighted by Gasteiger charge is -2.22. The van der Waals surface area contributed by atoms with E-state index in [2.05, 4.69) is 49.7 Å². The zero-order valence-corrected chi connectivity index (χ0v) is 13.8. The Bertz CT molecular complexity index is 638. The third-order valence-corrected chi connectivity index (χ3v) is 4.72. The van der Waals surface area contributed by atoms with Crippen LogP contribution < -0.4 is 5.73 Å². The lowest BCUT2D eigenvalue weighted by Crippen LogP contribution is -2.17. The quantitative estimate of drug-likeness (QED) is 0.832. The van der Waals surface area contributed by atoms with Gasteiger partial charge in [0.2, 0.25) is 0 Å². The van der Waals surface area contributed by atoms with Gasteiger partial charge in [-0.2, -0.15) is 0 Å². The summed E-state index contributed by atoms with van der Waals surface area (Å²) < 4.78 is 13.9. The highest BCUT2D eigenvalue weighted by atomic mass is 79.9. The summed E-state index contributed by atoms with van der Waals surface area (Å²) in [5, 5.41) is 0. The first-order valence-electron chi connectivity index (χ1n) is 6.60. The van der Waals surface area contributed by atoms with Crippen molar-refractivity contribution >= 4 is 15.9 Å². The standard InChI is InChI=1S/C17H19BrFN/c1-9-7-10(2)12(4)16(11(9)3)17(20)14-6-5-13(19)8-15(14)18/h5-8,17H,20H2,1-4H3. The molecular weight excluding hydrogens is 317 g/mol. The van der Waals surface area contributed by atoms with E-state index >= 15 is 0 Å². The molecule has 0 aliphatic heterocycles. The van der Waals surface area contributed by atoms with Crippen molar-refractivity contribution < 1.29 is 4.39 Å². The number of hydrogen-bond donors (Lipinski definition) is 1. The molecule has 0 aliphatic carbocycles. The summed E-state index contributed by atoms with van der Waals surface area (Å²) in [7, 11) is 0. The van der Waals surface area contributed by atoms with Crippen molar-refractivity contribution in [2.45, 2.75) is 33.7 Å². The average Bonchev–Trinajstić information content (AvgIpc) is 2.36. The molecule has 0 amide bonds. The van der Waals surface area contributed by atoms with Gasteiger partial charge in [-0.15, -0.1) is 0 Å². The summed E-state index contributed by atoms with van der Waals surface area (Å²) in [6.07, 6.45) is 0. The summed E-state index contributed by atoms with van der Waals surface area (Å²) in [6.45, 7) is 8.37. The van der Waals surface area contributed by atoms with Crippen molar-refractivity contribution in [1.29, 1.82) is 0 Å². The smallest absolute Gasteiger partial charge is 0.124 e. The van der Waals surface area contributed by atoms with Crippen molar-refractivity contribution in [3.05, 3.63) is 67.9 Å². The van der Waals surface area contributed by atoms with Gasteiger partial charge >= 0.3 is 0 Å². The maximum absolute atomic E-state index is 13.2. The number of nitrogens with two attached hydrogens (primary N) is 1. The molecule has 0 saturated carbocycles. The number of benzene rings is 2. The molecule has 0 fully saturated rings. The molecule has 0 bridgehead atoms. The first-order chi connectivity index (χ1) is 9.32. The van der Waals surface area contributed by atoms with Gasteiger partial charge in [-0.05, 0) is 73.2 Å². The van der Waals surface area contributed by atoms with Crippen molar-refractivity contribution in [2.75, 3.05) is 0 Å². The average molecular weight is 336 g/mol. The second-order valence-corrected chi connectivity index (χ2v) is 6.17. The minimum atomic E-state index is -0.262. The van der Waals surface area contributed by atoms with Gasteiger partial charge < -0.3 is 5.73 Å². The SMILES string of the molecule is Cc1cc(C)c(C)c(C(N)c2ccc(F)cc2Br)c1C. The van der Waals surface area contributed by atoms with Gasteiger partial charge in [-0.25, -0.2) is 4.39 Å². The molecule has 2 aromatic rings. The van der Waals surface area contributed by atoms with E-state index in [1.54, 1.807) is 6.07 Å². The van der Waals surface area contributed by atoms with Crippen molar-refractivity contribution in [2.24, 2.45) is 5.73 Å². The summed E-state index contributed by atoms with van der Waals surface area (Å²) in [5.74, 6) is -0.262. The molecule has 0 spiro atoms. The van der Waals surface area contributed by atoms with Gasteiger partial charge in [-0.1, -0.05) is 28.1 Å². The Morgan fingerprint density at radius 3 is 2.05 bits per heavy atom. The molecule has 0 saturated heterocycles. The summed E-state index contributed by atoms with van der Waals surface area (Å²) in [6, 6.07) is 6.58. The van der Waals surface area contributed by atoms with E-state index in [1.807, 2.05) is 0 Å². The Hall–Kier alpha value is -1.19. The number of hydrogen-bond acceptors (Lipinski definition) is 1. The third-order valence-electron chi connectivity index (χ3n) is 4.03. The molecule has 0 heterocycles. The van der Waals surface area contributed by atoms with Crippen LogP contribution in [0, 0.1) is 33.5 Å². The fourth-order valence-corrected chi connectivity index (χ4v) is 3.22.